The molecule has 1 aromatic carbocycles. The zero-order valence-electron chi connectivity index (χ0n) is 9.72. The number of rotatable bonds is 3. The van der Waals surface area contributed by atoms with Crippen molar-refractivity contribution in [3.8, 4) is 11.4 Å². The summed E-state index contributed by atoms with van der Waals surface area (Å²) >= 11 is 5.79. The number of hydrogen-bond acceptors (Lipinski definition) is 4. The van der Waals surface area contributed by atoms with E-state index in [1.165, 1.54) is 4.68 Å². The Labute approximate surface area is 109 Å². The number of aromatic nitrogens is 2. The smallest absolute Gasteiger partial charge is 0.275 e. The summed E-state index contributed by atoms with van der Waals surface area (Å²) in [5, 5.41) is 17.2. The van der Waals surface area contributed by atoms with E-state index in [0.29, 0.717) is 22.9 Å². The summed E-state index contributed by atoms with van der Waals surface area (Å²) in [7, 11) is 1.73. The maximum Gasteiger partial charge on any atom is 0.275 e. The summed E-state index contributed by atoms with van der Waals surface area (Å²) in [6.07, 6.45) is 0. The number of nitrogens with zero attached hydrogens (tertiary/aromatic N) is 2. The van der Waals surface area contributed by atoms with E-state index in [4.69, 9.17) is 11.6 Å². The van der Waals surface area contributed by atoms with E-state index < -0.39 is 5.56 Å². The van der Waals surface area contributed by atoms with Crippen molar-refractivity contribution < 1.29 is 5.11 Å². The monoisotopic (exact) mass is 265 g/mol. The van der Waals surface area contributed by atoms with Crippen LogP contribution >= 0.6 is 11.6 Å². The van der Waals surface area contributed by atoms with Gasteiger partial charge in [0.2, 0.25) is 0 Å². The van der Waals surface area contributed by atoms with Gasteiger partial charge >= 0.3 is 0 Å². The van der Waals surface area contributed by atoms with Crippen LogP contribution in [-0.2, 0) is 6.54 Å². The van der Waals surface area contributed by atoms with E-state index >= 15 is 0 Å². The molecule has 0 saturated heterocycles. The number of halogens is 1. The first kappa shape index (κ1) is 12.6. The molecule has 0 unspecified atom stereocenters. The zero-order chi connectivity index (χ0) is 13.1. The first-order valence-corrected chi connectivity index (χ1v) is 5.72. The number of hydrogen-bond donors (Lipinski definition) is 2. The molecule has 0 fully saturated rings. The number of aromatic hydroxyl groups is 1. The fourth-order valence-electron chi connectivity index (χ4n) is 1.54. The molecule has 2 N–H and O–H groups in total. The highest BCUT2D eigenvalue weighted by Gasteiger charge is 2.08. The summed E-state index contributed by atoms with van der Waals surface area (Å²) < 4.78 is 1.22. The van der Waals surface area contributed by atoms with Crippen molar-refractivity contribution in [2.45, 2.75) is 6.54 Å². The highest BCUT2D eigenvalue weighted by molar-refractivity contribution is 6.30. The molecular formula is C12H12ClN3O2. The average Bonchev–Trinajstić information content (AvgIpc) is 2.34. The molecule has 2 rings (SSSR count). The van der Waals surface area contributed by atoms with Gasteiger partial charge in [0.05, 0.1) is 5.69 Å². The maximum absolute atomic E-state index is 11.8. The standard InChI is InChI=1S/C12H12ClN3O2/c1-14-7-10-11(17)6-12(18)16(15-10)9-4-2-8(13)3-5-9/h2-6,14,17H,7H2,1H3. The Kier molecular flexibility index (Phi) is 3.64. The van der Waals surface area contributed by atoms with Gasteiger partial charge in [-0.05, 0) is 31.3 Å². The summed E-state index contributed by atoms with van der Waals surface area (Å²) in [6, 6.07) is 7.88. The Bertz CT molecular complexity index is 608. The van der Waals surface area contributed by atoms with Crippen LogP contribution in [0, 0.1) is 0 Å². The Hall–Kier alpha value is -1.85. The van der Waals surface area contributed by atoms with Gasteiger partial charge < -0.3 is 10.4 Å². The van der Waals surface area contributed by atoms with Gasteiger partial charge in [0.15, 0.2) is 0 Å². The van der Waals surface area contributed by atoms with E-state index in [-0.39, 0.29) is 5.75 Å². The minimum atomic E-state index is -0.394. The molecule has 0 aliphatic carbocycles. The van der Waals surface area contributed by atoms with E-state index in [9.17, 15) is 9.90 Å². The van der Waals surface area contributed by atoms with Crippen molar-refractivity contribution in [3.05, 3.63) is 51.4 Å². The molecule has 18 heavy (non-hydrogen) atoms. The Morgan fingerprint density at radius 1 is 1.39 bits per heavy atom. The van der Waals surface area contributed by atoms with Crippen LogP contribution in [0.1, 0.15) is 5.69 Å². The van der Waals surface area contributed by atoms with E-state index in [0.717, 1.165) is 6.07 Å². The predicted octanol–water partition coefficient (Wildman–Crippen LogP) is 1.31. The van der Waals surface area contributed by atoms with Crippen molar-refractivity contribution in [1.29, 1.82) is 0 Å². The first-order chi connectivity index (χ1) is 8.61. The van der Waals surface area contributed by atoms with Gasteiger partial charge in [-0.1, -0.05) is 11.6 Å². The summed E-state index contributed by atoms with van der Waals surface area (Å²) in [4.78, 5) is 11.8. The lowest BCUT2D eigenvalue weighted by Crippen LogP contribution is -2.23. The van der Waals surface area contributed by atoms with Crippen LogP contribution in [0.4, 0.5) is 0 Å². The van der Waals surface area contributed by atoms with Crippen molar-refractivity contribution in [2.24, 2.45) is 0 Å². The molecule has 0 aliphatic rings. The van der Waals surface area contributed by atoms with Crippen LogP contribution in [-0.4, -0.2) is 21.9 Å². The molecule has 0 spiro atoms. The molecule has 0 aliphatic heterocycles. The molecular weight excluding hydrogens is 254 g/mol. The molecule has 94 valence electrons. The van der Waals surface area contributed by atoms with Crippen LogP contribution < -0.4 is 10.9 Å². The van der Waals surface area contributed by atoms with Crippen molar-refractivity contribution in [2.75, 3.05) is 7.05 Å². The van der Waals surface area contributed by atoms with Gasteiger partial charge in [-0.2, -0.15) is 9.78 Å². The quantitative estimate of drug-likeness (QED) is 0.878. The Morgan fingerprint density at radius 2 is 2.06 bits per heavy atom. The van der Waals surface area contributed by atoms with Crippen LogP contribution in [0.3, 0.4) is 0 Å². The number of nitrogens with one attached hydrogen (secondary N) is 1. The van der Waals surface area contributed by atoms with Crippen LogP contribution in [0.5, 0.6) is 5.75 Å². The molecule has 2 aromatic rings. The van der Waals surface area contributed by atoms with Crippen LogP contribution in [0.15, 0.2) is 35.1 Å². The van der Waals surface area contributed by atoms with E-state index in [1.54, 1.807) is 31.3 Å². The van der Waals surface area contributed by atoms with E-state index in [1.807, 2.05) is 0 Å². The Balaban J connectivity index is 2.53. The summed E-state index contributed by atoms with van der Waals surface area (Å²) in [5.41, 5.74) is 0.614. The van der Waals surface area contributed by atoms with Crippen molar-refractivity contribution >= 4 is 11.6 Å². The van der Waals surface area contributed by atoms with Crippen molar-refractivity contribution in [1.82, 2.24) is 15.1 Å². The average molecular weight is 266 g/mol. The molecule has 1 aromatic heterocycles. The van der Waals surface area contributed by atoms with Gasteiger partial charge in [0.25, 0.3) is 5.56 Å². The van der Waals surface area contributed by atoms with Gasteiger partial charge in [0, 0.05) is 17.6 Å². The van der Waals surface area contributed by atoms with Gasteiger partial charge in [-0.15, -0.1) is 0 Å². The normalized spacial score (nSPS) is 10.6. The lowest BCUT2D eigenvalue weighted by atomic mass is 10.3. The fraction of sp³-hybridized carbons (Fsp3) is 0.167. The molecule has 6 heteroatoms. The third kappa shape index (κ3) is 2.52. The second kappa shape index (κ2) is 5.20. The largest absolute Gasteiger partial charge is 0.506 e. The highest BCUT2D eigenvalue weighted by atomic mass is 35.5. The topological polar surface area (TPSA) is 67.2 Å². The van der Waals surface area contributed by atoms with Crippen LogP contribution in [0.25, 0.3) is 5.69 Å². The van der Waals surface area contributed by atoms with Crippen molar-refractivity contribution in [3.63, 3.8) is 0 Å². The minimum absolute atomic E-state index is 0.112. The number of benzene rings is 1. The molecule has 0 radical (unpaired) electrons. The zero-order valence-corrected chi connectivity index (χ0v) is 10.5. The molecule has 0 atom stereocenters. The molecule has 5 nitrogen and oxygen atoms in total. The van der Waals surface area contributed by atoms with Crippen LogP contribution in [0.2, 0.25) is 5.02 Å². The summed E-state index contributed by atoms with van der Waals surface area (Å²) in [6.45, 7) is 0.375. The molecule has 0 bridgehead atoms. The Morgan fingerprint density at radius 3 is 2.67 bits per heavy atom. The first-order valence-electron chi connectivity index (χ1n) is 5.34. The van der Waals surface area contributed by atoms with Gasteiger partial charge in [0.1, 0.15) is 11.4 Å². The van der Waals surface area contributed by atoms with Gasteiger partial charge in [-0.3, -0.25) is 4.79 Å². The minimum Gasteiger partial charge on any atom is -0.506 e. The predicted molar refractivity (Wildman–Crippen MR) is 69.3 cm³/mol. The molecule has 0 amide bonds. The van der Waals surface area contributed by atoms with Gasteiger partial charge in [-0.25, -0.2) is 0 Å². The third-order valence-corrected chi connectivity index (χ3v) is 2.65. The second-order valence-electron chi connectivity index (χ2n) is 3.73. The lowest BCUT2D eigenvalue weighted by molar-refractivity contribution is 0.454. The lowest BCUT2D eigenvalue weighted by Gasteiger charge is -2.08. The SMILES string of the molecule is CNCc1nn(-c2ccc(Cl)cc2)c(=O)cc1O. The molecule has 0 saturated carbocycles. The highest BCUT2D eigenvalue weighted by Crippen LogP contribution is 2.14. The molecule has 1 heterocycles. The summed E-state index contributed by atoms with van der Waals surface area (Å²) in [5.74, 6) is -0.112. The fourth-order valence-corrected chi connectivity index (χ4v) is 1.67. The third-order valence-electron chi connectivity index (χ3n) is 2.40. The maximum atomic E-state index is 11.8. The van der Waals surface area contributed by atoms with E-state index in [2.05, 4.69) is 10.4 Å². The second-order valence-corrected chi connectivity index (χ2v) is 4.17.